The van der Waals surface area contributed by atoms with Crippen LogP contribution in [0.2, 0.25) is 0 Å². The van der Waals surface area contributed by atoms with Crippen molar-refractivity contribution in [2.75, 3.05) is 19.6 Å². The minimum Gasteiger partial charge on any atom is -0.314 e. The number of nitrogens with zero attached hydrogens (tertiary/aromatic N) is 1. The number of aromatic nitrogens is 1. The minimum atomic E-state index is -0.233. The second-order valence-corrected chi connectivity index (χ2v) is 3.11. The van der Waals surface area contributed by atoms with E-state index >= 15 is 0 Å². The molecular weight excluding hydrogens is 169 g/mol. The van der Waals surface area contributed by atoms with Crippen molar-refractivity contribution in [3.05, 3.63) is 29.8 Å². The largest absolute Gasteiger partial charge is 0.314 e. The van der Waals surface area contributed by atoms with Crippen LogP contribution >= 0.6 is 0 Å². The standard InChI is InChI=1S/C9H12FN3/c10-8-5-11-2-1-7(8)9-6-12-3-4-13-9/h1-2,5,9,12-13H,3-4,6H2/t9-/m1/s1. The highest BCUT2D eigenvalue weighted by Gasteiger charge is 2.17. The first-order chi connectivity index (χ1) is 6.38. The van der Waals surface area contributed by atoms with Crippen molar-refractivity contribution in [2.45, 2.75) is 6.04 Å². The lowest BCUT2D eigenvalue weighted by Gasteiger charge is -2.24. The quantitative estimate of drug-likeness (QED) is 0.660. The number of nitrogens with one attached hydrogen (secondary N) is 2. The lowest BCUT2D eigenvalue weighted by Crippen LogP contribution is -2.42. The second-order valence-electron chi connectivity index (χ2n) is 3.11. The van der Waals surface area contributed by atoms with Gasteiger partial charge in [0.1, 0.15) is 5.82 Å². The Balaban J connectivity index is 2.18. The van der Waals surface area contributed by atoms with Gasteiger partial charge in [0.05, 0.1) is 6.20 Å². The lowest BCUT2D eigenvalue weighted by atomic mass is 10.1. The van der Waals surface area contributed by atoms with Crippen molar-refractivity contribution in [2.24, 2.45) is 0 Å². The Kier molecular flexibility index (Phi) is 2.52. The summed E-state index contributed by atoms with van der Waals surface area (Å²) in [6.07, 6.45) is 2.88. The summed E-state index contributed by atoms with van der Waals surface area (Å²) < 4.78 is 13.2. The SMILES string of the molecule is Fc1cnccc1[C@H]1CNCCN1. The van der Waals surface area contributed by atoms with Crippen molar-refractivity contribution in [1.82, 2.24) is 15.6 Å². The number of rotatable bonds is 1. The molecule has 0 saturated carbocycles. The zero-order chi connectivity index (χ0) is 9.10. The van der Waals surface area contributed by atoms with Gasteiger partial charge in [0.15, 0.2) is 0 Å². The van der Waals surface area contributed by atoms with E-state index in [0.29, 0.717) is 5.56 Å². The van der Waals surface area contributed by atoms with Gasteiger partial charge in [-0.25, -0.2) is 4.39 Å². The van der Waals surface area contributed by atoms with Crippen LogP contribution in [0.3, 0.4) is 0 Å². The average Bonchev–Trinajstić information content (AvgIpc) is 2.20. The molecule has 1 aliphatic rings. The van der Waals surface area contributed by atoms with Gasteiger partial charge in [-0.15, -0.1) is 0 Å². The average molecular weight is 181 g/mol. The van der Waals surface area contributed by atoms with Crippen LogP contribution in [0.5, 0.6) is 0 Å². The second kappa shape index (κ2) is 3.81. The van der Waals surface area contributed by atoms with Crippen LogP contribution in [0.15, 0.2) is 18.5 Å². The molecule has 2 N–H and O–H groups in total. The summed E-state index contributed by atoms with van der Waals surface area (Å²) in [5, 5.41) is 6.46. The Morgan fingerprint density at radius 2 is 2.38 bits per heavy atom. The van der Waals surface area contributed by atoms with E-state index in [1.165, 1.54) is 6.20 Å². The van der Waals surface area contributed by atoms with Gasteiger partial charge in [0.25, 0.3) is 0 Å². The molecule has 2 rings (SSSR count). The molecular formula is C9H12FN3. The van der Waals surface area contributed by atoms with Gasteiger partial charge in [-0.3, -0.25) is 4.98 Å². The topological polar surface area (TPSA) is 37.0 Å². The van der Waals surface area contributed by atoms with Crippen LogP contribution in [-0.4, -0.2) is 24.6 Å². The van der Waals surface area contributed by atoms with Crippen molar-refractivity contribution in [3.8, 4) is 0 Å². The van der Waals surface area contributed by atoms with Crippen molar-refractivity contribution in [3.63, 3.8) is 0 Å². The Hall–Kier alpha value is -1.00. The molecule has 1 saturated heterocycles. The molecule has 0 aliphatic carbocycles. The summed E-state index contributed by atoms with van der Waals surface area (Å²) in [5.41, 5.74) is 0.696. The molecule has 2 heterocycles. The maximum absolute atomic E-state index is 13.2. The zero-order valence-corrected chi connectivity index (χ0v) is 7.26. The van der Waals surface area contributed by atoms with Gasteiger partial charge in [-0.1, -0.05) is 0 Å². The highest BCUT2D eigenvalue weighted by molar-refractivity contribution is 5.18. The third-order valence-electron chi connectivity index (χ3n) is 2.22. The van der Waals surface area contributed by atoms with Crippen LogP contribution < -0.4 is 10.6 Å². The van der Waals surface area contributed by atoms with Crippen LogP contribution in [0, 0.1) is 5.82 Å². The highest BCUT2D eigenvalue weighted by atomic mass is 19.1. The molecule has 0 radical (unpaired) electrons. The third-order valence-corrected chi connectivity index (χ3v) is 2.22. The fraction of sp³-hybridized carbons (Fsp3) is 0.444. The van der Waals surface area contributed by atoms with Crippen molar-refractivity contribution in [1.29, 1.82) is 0 Å². The van der Waals surface area contributed by atoms with Gasteiger partial charge in [-0.05, 0) is 6.07 Å². The van der Waals surface area contributed by atoms with E-state index < -0.39 is 0 Å². The molecule has 70 valence electrons. The van der Waals surface area contributed by atoms with Crippen LogP contribution in [0.4, 0.5) is 4.39 Å². The fourth-order valence-corrected chi connectivity index (χ4v) is 1.54. The maximum Gasteiger partial charge on any atom is 0.146 e. The summed E-state index contributed by atoms with van der Waals surface area (Å²) in [6.45, 7) is 2.61. The smallest absolute Gasteiger partial charge is 0.146 e. The van der Waals surface area contributed by atoms with Crippen molar-refractivity contribution >= 4 is 0 Å². The van der Waals surface area contributed by atoms with E-state index in [9.17, 15) is 4.39 Å². The minimum absolute atomic E-state index is 0.0803. The molecule has 1 aromatic heterocycles. The van der Waals surface area contributed by atoms with E-state index in [-0.39, 0.29) is 11.9 Å². The molecule has 0 aromatic carbocycles. The molecule has 0 bridgehead atoms. The number of hydrogen-bond acceptors (Lipinski definition) is 3. The molecule has 1 fully saturated rings. The molecule has 1 atom stereocenters. The molecule has 0 amide bonds. The predicted octanol–water partition coefficient (Wildman–Crippen LogP) is 0.455. The van der Waals surface area contributed by atoms with E-state index in [2.05, 4.69) is 15.6 Å². The Morgan fingerprint density at radius 1 is 1.46 bits per heavy atom. The van der Waals surface area contributed by atoms with Gasteiger partial charge >= 0.3 is 0 Å². The molecule has 1 aromatic rings. The monoisotopic (exact) mass is 181 g/mol. The fourth-order valence-electron chi connectivity index (χ4n) is 1.54. The summed E-state index contributed by atoms with van der Waals surface area (Å²) in [6, 6.07) is 1.80. The van der Waals surface area contributed by atoms with E-state index in [4.69, 9.17) is 0 Å². The molecule has 13 heavy (non-hydrogen) atoms. The maximum atomic E-state index is 13.2. The van der Waals surface area contributed by atoms with Crippen LogP contribution in [0.25, 0.3) is 0 Å². The summed E-state index contributed by atoms with van der Waals surface area (Å²) in [5.74, 6) is -0.233. The number of piperazine rings is 1. The van der Waals surface area contributed by atoms with E-state index in [0.717, 1.165) is 19.6 Å². The lowest BCUT2D eigenvalue weighted by molar-refractivity contribution is 0.416. The number of hydrogen-bond donors (Lipinski definition) is 2. The van der Waals surface area contributed by atoms with Crippen LogP contribution in [0.1, 0.15) is 11.6 Å². The normalized spacial score (nSPS) is 23.0. The third kappa shape index (κ3) is 1.84. The molecule has 4 heteroatoms. The molecule has 0 spiro atoms. The highest BCUT2D eigenvalue weighted by Crippen LogP contribution is 2.15. The molecule has 1 aliphatic heterocycles. The molecule has 0 unspecified atom stereocenters. The van der Waals surface area contributed by atoms with E-state index in [1.807, 2.05) is 0 Å². The Morgan fingerprint density at radius 3 is 3.08 bits per heavy atom. The molecule has 3 nitrogen and oxygen atoms in total. The summed E-state index contributed by atoms with van der Waals surface area (Å²) in [7, 11) is 0. The predicted molar refractivity (Wildman–Crippen MR) is 47.8 cm³/mol. The van der Waals surface area contributed by atoms with Gasteiger partial charge in [0, 0.05) is 37.4 Å². The summed E-state index contributed by atoms with van der Waals surface area (Å²) in [4.78, 5) is 3.72. The first-order valence-electron chi connectivity index (χ1n) is 4.41. The first kappa shape index (κ1) is 8.59. The number of halogens is 1. The Bertz CT molecular complexity index is 284. The van der Waals surface area contributed by atoms with Gasteiger partial charge in [0.2, 0.25) is 0 Å². The van der Waals surface area contributed by atoms with E-state index in [1.54, 1.807) is 12.3 Å². The zero-order valence-electron chi connectivity index (χ0n) is 7.26. The number of pyridine rings is 1. The Labute approximate surface area is 76.4 Å². The van der Waals surface area contributed by atoms with Gasteiger partial charge < -0.3 is 10.6 Å². The first-order valence-corrected chi connectivity index (χ1v) is 4.41. The van der Waals surface area contributed by atoms with Crippen molar-refractivity contribution < 1.29 is 4.39 Å². The summed E-state index contributed by atoms with van der Waals surface area (Å²) >= 11 is 0. The van der Waals surface area contributed by atoms with Gasteiger partial charge in [-0.2, -0.15) is 0 Å². The van der Waals surface area contributed by atoms with Crippen LogP contribution in [-0.2, 0) is 0 Å².